The average molecular weight is 306 g/mol. The Labute approximate surface area is 121 Å². The molecule has 8 heteroatoms. The van der Waals surface area contributed by atoms with Gasteiger partial charge < -0.3 is 23.6 Å². The second-order valence-corrected chi connectivity index (χ2v) is 6.72. The number of rotatable bonds is 7. The summed E-state index contributed by atoms with van der Waals surface area (Å²) in [6.07, 6.45) is 0.0718. The summed E-state index contributed by atoms with van der Waals surface area (Å²) in [6, 6.07) is 0. The summed E-state index contributed by atoms with van der Waals surface area (Å²) >= 11 is 0. The van der Waals surface area contributed by atoms with Gasteiger partial charge in [-0.1, -0.05) is 12.4 Å². The Morgan fingerprint density at radius 1 is 1.60 bits per heavy atom. The molecule has 0 radical (unpaired) electrons. The van der Waals surface area contributed by atoms with Gasteiger partial charge in [-0.3, -0.25) is 4.57 Å². The van der Waals surface area contributed by atoms with Crippen molar-refractivity contribution < 1.29 is 28.2 Å². The third kappa shape index (κ3) is 4.69. The molecule has 0 saturated carbocycles. The van der Waals surface area contributed by atoms with E-state index in [1.807, 2.05) is 13.8 Å². The molecule has 2 unspecified atom stereocenters. The highest BCUT2D eigenvalue weighted by atomic mass is 31.2. The van der Waals surface area contributed by atoms with E-state index in [-0.39, 0.29) is 18.3 Å². The van der Waals surface area contributed by atoms with E-state index in [9.17, 15) is 9.46 Å². The molecule has 0 aromatic carbocycles. The van der Waals surface area contributed by atoms with Crippen LogP contribution in [0.25, 0.3) is 0 Å². The molecular formula is C12H24BO6P. The van der Waals surface area contributed by atoms with Crippen molar-refractivity contribution in [2.45, 2.75) is 44.7 Å². The first-order valence-corrected chi connectivity index (χ1v) is 8.36. The van der Waals surface area contributed by atoms with Gasteiger partial charge in [0, 0.05) is 20.0 Å². The summed E-state index contributed by atoms with van der Waals surface area (Å²) in [5.74, 6) is 1.21. The SMILES string of the molecule is B/C(=C\P(=O)(O)OC)[C@H]1OC[C@H](OC)[C@@H]1OC(C)CC. The van der Waals surface area contributed by atoms with E-state index in [1.54, 1.807) is 15.0 Å². The summed E-state index contributed by atoms with van der Waals surface area (Å²) in [5, 5.41) is 0. The number of ether oxygens (including phenoxy) is 3. The van der Waals surface area contributed by atoms with Crippen molar-refractivity contribution in [1.29, 1.82) is 0 Å². The van der Waals surface area contributed by atoms with Crippen molar-refractivity contribution in [3.63, 3.8) is 0 Å². The van der Waals surface area contributed by atoms with E-state index in [0.717, 1.165) is 6.42 Å². The number of hydrogen-bond acceptors (Lipinski definition) is 5. The Balaban J connectivity index is 2.88. The molecule has 5 atom stereocenters. The molecule has 1 fully saturated rings. The van der Waals surface area contributed by atoms with Crippen LogP contribution in [-0.2, 0) is 23.3 Å². The fraction of sp³-hybridized carbons (Fsp3) is 0.833. The minimum absolute atomic E-state index is 0.0676. The standard InChI is InChI=1S/C12H24BO6P/c1-5-8(2)19-12-10(16-3)6-18-11(12)9(13)7-20(14,15)17-4/h7-8,10-12H,5-6,13H2,1-4H3,(H,14,15)/b9-7-/t8?,10-,11+,12-/m0/s1. The van der Waals surface area contributed by atoms with Crippen molar-refractivity contribution in [1.82, 2.24) is 0 Å². The molecule has 20 heavy (non-hydrogen) atoms. The van der Waals surface area contributed by atoms with Crippen LogP contribution in [0.1, 0.15) is 20.3 Å². The molecule has 1 aliphatic rings. The van der Waals surface area contributed by atoms with Crippen LogP contribution in [0, 0.1) is 0 Å². The van der Waals surface area contributed by atoms with Crippen LogP contribution in [-0.4, -0.2) is 58.0 Å². The summed E-state index contributed by atoms with van der Waals surface area (Å²) in [5.41, 5.74) is 0.616. The Bertz CT molecular complexity index is 388. The van der Waals surface area contributed by atoms with Crippen molar-refractivity contribution in [3.8, 4) is 0 Å². The average Bonchev–Trinajstić information content (AvgIpc) is 2.80. The van der Waals surface area contributed by atoms with Gasteiger partial charge in [-0.15, -0.1) is 0 Å². The maximum Gasteiger partial charge on any atom is 0.350 e. The maximum atomic E-state index is 11.6. The largest absolute Gasteiger partial charge is 0.376 e. The van der Waals surface area contributed by atoms with Crippen LogP contribution < -0.4 is 0 Å². The van der Waals surface area contributed by atoms with Crippen LogP contribution in [0.5, 0.6) is 0 Å². The monoisotopic (exact) mass is 306 g/mol. The molecule has 0 aromatic heterocycles. The molecule has 6 nitrogen and oxygen atoms in total. The van der Waals surface area contributed by atoms with Crippen LogP contribution in [0.15, 0.2) is 11.3 Å². The minimum atomic E-state index is -3.72. The molecule has 0 amide bonds. The highest BCUT2D eigenvalue weighted by molar-refractivity contribution is 7.56. The van der Waals surface area contributed by atoms with E-state index in [0.29, 0.717) is 12.1 Å². The Morgan fingerprint density at radius 3 is 2.75 bits per heavy atom. The fourth-order valence-corrected chi connectivity index (χ4v) is 2.85. The predicted octanol–water partition coefficient (Wildman–Crippen LogP) is 0.890. The van der Waals surface area contributed by atoms with Gasteiger partial charge >= 0.3 is 7.60 Å². The highest BCUT2D eigenvalue weighted by Gasteiger charge is 2.40. The van der Waals surface area contributed by atoms with Gasteiger partial charge in [-0.25, -0.2) is 0 Å². The Morgan fingerprint density at radius 2 is 2.25 bits per heavy atom. The second-order valence-electron chi connectivity index (χ2n) is 4.97. The topological polar surface area (TPSA) is 74.2 Å². The lowest BCUT2D eigenvalue weighted by Crippen LogP contribution is -2.38. The molecule has 0 aromatic rings. The van der Waals surface area contributed by atoms with Crippen molar-refractivity contribution >= 4 is 15.4 Å². The van der Waals surface area contributed by atoms with Crippen molar-refractivity contribution in [3.05, 3.63) is 11.3 Å². The normalized spacial score (nSPS) is 32.0. The molecule has 0 spiro atoms. The molecule has 0 bridgehead atoms. The number of methoxy groups -OCH3 is 1. The second kappa shape index (κ2) is 7.73. The van der Waals surface area contributed by atoms with E-state index in [4.69, 9.17) is 14.2 Å². The van der Waals surface area contributed by atoms with Gasteiger partial charge in [0.1, 0.15) is 20.1 Å². The molecule has 1 aliphatic heterocycles. The van der Waals surface area contributed by atoms with E-state index < -0.39 is 13.7 Å². The fourth-order valence-electron chi connectivity index (χ4n) is 2.08. The minimum Gasteiger partial charge on any atom is -0.376 e. The highest BCUT2D eigenvalue weighted by Crippen LogP contribution is 2.44. The third-order valence-corrected chi connectivity index (χ3v) is 4.71. The molecule has 116 valence electrons. The lowest BCUT2D eigenvalue weighted by molar-refractivity contribution is -0.0733. The number of hydrogen-bond donors (Lipinski definition) is 1. The van der Waals surface area contributed by atoms with Gasteiger partial charge in [0.15, 0.2) is 0 Å². The zero-order chi connectivity index (χ0) is 15.3. The van der Waals surface area contributed by atoms with Gasteiger partial charge in [0.05, 0.1) is 18.8 Å². The molecule has 1 N–H and O–H groups in total. The van der Waals surface area contributed by atoms with Gasteiger partial charge in [0.2, 0.25) is 0 Å². The molecular weight excluding hydrogens is 282 g/mol. The first-order chi connectivity index (χ1) is 9.34. The van der Waals surface area contributed by atoms with Gasteiger partial charge in [-0.05, 0) is 13.3 Å². The summed E-state index contributed by atoms with van der Waals surface area (Å²) in [6.45, 7) is 4.41. The van der Waals surface area contributed by atoms with Crippen molar-refractivity contribution in [2.24, 2.45) is 0 Å². The van der Waals surface area contributed by atoms with Gasteiger partial charge in [0.25, 0.3) is 0 Å². The van der Waals surface area contributed by atoms with E-state index in [1.165, 1.54) is 12.9 Å². The molecule has 0 aliphatic carbocycles. The first-order valence-electron chi connectivity index (χ1n) is 6.72. The molecule has 1 saturated heterocycles. The Kier molecular flexibility index (Phi) is 6.92. The van der Waals surface area contributed by atoms with E-state index in [2.05, 4.69) is 4.52 Å². The van der Waals surface area contributed by atoms with Gasteiger partial charge in [-0.2, -0.15) is 0 Å². The first kappa shape index (κ1) is 17.9. The summed E-state index contributed by atoms with van der Waals surface area (Å²) in [7, 11) is 0.823. The third-order valence-electron chi connectivity index (χ3n) is 3.45. The summed E-state index contributed by atoms with van der Waals surface area (Å²) < 4.78 is 33.2. The maximum absolute atomic E-state index is 11.6. The Hall–Kier alpha value is -0.165. The zero-order valence-corrected chi connectivity index (χ0v) is 13.6. The molecule has 1 heterocycles. The summed E-state index contributed by atoms with van der Waals surface area (Å²) in [4.78, 5) is 9.52. The smallest absolute Gasteiger partial charge is 0.350 e. The zero-order valence-electron chi connectivity index (χ0n) is 12.7. The van der Waals surface area contributed by atoms with Crippen LogP contribution in [0.3, 0.4) is 0 Å². The molecule has 1 rings (SSSR count). The van der Waals surface area contributed by atoms with E-state index >= 15 is 0 Å². The predicted molar refractivity (Wildman–Crippen MR) is 78.6 cm³/mol. The van der Waals surface area contributed by atoms with Crippen LogP contribution in [0.2, 0.25) is 0 Å². The van der Waals surface area contributed by atoms with Crippen LogP contribution >= 0.6 is 7.60 Å². The van der Waals surface area contributed by atoms with Crippen LogP contribution in [0.4, 0.5) is 0 Å². The lowest BCUT2D eigenvalue weighted by atomic mass is 9.88. The van der Waals surface area contributed by atoms with Crippen molar-refractivity contribution in [2.75, 3.05) is 20.8 Å². The quantitative estimate of drug-likeness (QED) is 0.556. The lowest BCUT2D eigenvalue weighted by Gasteiger charge is -2.26.